The Morgan fingerprint density at radius 2 is 1.77 bits per heavy atom. The number of halogens is 1. The summed E-state index contributed by atoms with van der Waals surface area (Å²) in [6.45, 7) is 0. The van der Waals surface area contributed by atoms with Gasteiger partial charge in [0.1, 0.15) is 0 Å². The van der Waals surface area contributed by atoms with Gasteiger partial charge >= 0.3 is 0 Å². The van der Waals surface area contributed by atoms with Crippen molar-refractivity contribution in [2.75, 3.05) is 7.05 Å². The third kappa shape index (κ3) is 4.25. The van der Waals surface area contributed by atoms with Crippen molar-refractivity contribution < 1.29 is 9.59 Å². The lowest BCUT2D eigenvalue weighted by molar-refractivity contribution is -0.134. The highest BCUT2D eigenvalue weighted by Crippen LogP contribution is 2.26. The molecule has 1 saturated carbocycles. The number of benzene rings is 2. The first-order chi connectivity index (χ1) is 12.6. The minimum absolute atomic E-state index is 0.0445. The van der Waals surface area contributed by atoms with Crippen LogP contribution in [0.2, 0.25) is 5.02 Å². The minimum atomic E-state index is -0.394. The lowest BCUT2D eigenvalue weighted by Crippen LogP contribution is -2.43. The molecule has 0 aromatic heterocycles. The van der Waals surface area contributed by atoms with E-state index in [1.807, 2.05) is 42.3 Å². The van der Waals surface area contributed by atoms with E-state index in [9.17, 15) is 9.59 Å². The van der Waals surface area contributed by atoms with Gasteiger partial charge in [-0.2, -0.15) is 0 Å². The summed E-state index contributed by atoms with van der Waals surface area (Å²) in [6, 6.07) is 16.4. The molecule has 0 aliphatic heterocycles. The molecule has 136 valence electrons. The zero-order chi connectivity index (χ0) is 18.5. The van der Waals surface area contributed by atoms with Crippen LogP contribution in [0, 0.1) is 0 Å². The van der Waals surface area contributed by atoms with Crippen molar-refractivity contribution in [3.05, 3.63) is 70.7 Å². The predicted molar refractivity (Wildman–Crippen MR) is 103 cm³/mol. The molecule has 0 heterocycles. The molecule has 1 atom stereocenters. The van der Waals surface area contributed by atoms with Gasteiger partial charge in [0.05, 0.1) is 23.0 Å². The SMILES string of the molecule is CN(C(=O)C[C@H](NC(=O)c1ccccc1Cl)c1ccccc1)C1CCC1. The maximum absolute atomic E-state index is 12.7. The van der Waals surface area contributed by atoms with Crippen LogP contribution in [0.1, 0.15) is 47.6 Å². The maximum Gasteiger partial charge on any atom is 0.253 e. The first-order valence-corrected chi connectivity index (χ1v) is 9.30. The lowest BCUT2D eigenvalue weighted by Gasteiger charge is -2.35. The third-order valence-electron chi connectivity index (χ3n) is 5.02. The fourth-order valence-electron chi connectivity index (χ4n) is 3.12. The number of carbonyl (C=O) groups is 2. The van der Waals surface area contributed by atoms with E-state index in [4.69, 9.17) is 11.6 Å². The smallest absolute Gasteiger partial charge is 0.253 e. The zero-order valence-electron chi connectivity index (χ0n) is 14.8. The lowest BCUT2D eigenvalue weighted by atomic mass is 9.91. The Morgan fingerprint density at radius 3 is 2.38 bits per heavy atom. The Kier molecular flexibility index (Phi) is 5.94. The van der Waals surface area contributed by atoms with Gasteiger partial charge in [0.2, 0.25) is 5.91 Å². The van der Waals surface area contributed by atoms with Crippen molar-refractivity contribution in [3.63, 3.8) is 0 Å². The average Bonchev–Trinajstić information content (AvgIpc) is 2.60. The largest absolute Gasteiger partial charge is 0.345 e. The van der Waals surface area contributed by atoms with Gasteiger partial charge in [-0.1, -0.05) is 54.1 Å². The fourth-order valence-corrected chi connectivity index (χ4v) is 3.34. The van der Waals surface area contributed by atoms with Crippen LogP contribution in [0.3, 0.4) is 0 Å². The summed E-state index contributed by atoms with van der Waals surface area (Å²) in [5, 5.41) is 3.38. The molecule has 0 bridgehead atoms. The average molecular weight is 371 g/mol. The summed E-state index contributed by atoms with van der Waals surface area (Å²) in [5.41, 5.74) is 1.32. The number of hydrogen-bond donors (Lipinski definition) is 1. The number of nitrogens with zero attached hydrogens (tertiary/aromatic N) is 1. The molecule has 0 radical (unpaired) electrons. The Balaban J connectivity index is 1.76. The van der Waals surface area contributed by atoms with Crippen LogP contribution in [-0.4, -0.2) is 29.8 Å². The Hall–Kier alpha value is -2.33. The molecule has 4 nitrogen and oxygen atoms in total. The summed E-state index contributed by atoms with van der Waals surface area (Å²) in [5.74, 6) is -0.230. The molecule has 0 unspecified atom stereocenters. The van der Waals surface area contributed by atoms with Gasteiger partial charge in [-0.25, -0.2) is 0 Å². The van der Waals surface area contributed by atoms with Crippen LogP contribution >= 0.6 is 11.6 Å². The van der Waals surface area contributed by atoms with E-state index < -0.39 is 6.04 Å². The summed E-state index contributed by atoms with van der Waals surface area (Å²) in [7, 11) is 1.85. The molecule has 2 aromatic rings. The quantitative estimate of drug-likeness (QED) is 0.827. The molecule has 3 rings (SSSR count). The van der Waals surface area contributed by atoms with Crippen molar-refractivity contribution in [3.8, 4) is 0 Å². The second-order valence-corrected chi connectivity index (χ2v) is 7.12. The summed E-state index contributed by atoms with van der Waals surface area (Å²) in [4.78, 5) is 27.2. The first kappa shape index (κ1) is 18.5. The van der Waals surface area contributed by atoms with Gasteiger partial charge in [0.15, 0.2) is 0 Å². The number of carbonyl (C=O) groups excluding carboxylic acids is 2. The molecule has 1 fully saturated rings. The van der Waals surface area contributed by atoms with Crippen LogP contribution in [0.4, 0.5) is 0 Å². The second kappa shape index (κ2) is 8.37. The molecule has 1 N–H and O–H groups in total. The molecular formula is C21H23ClN2O2. The van der Waals surface area contributed by atoms with E-state index in [2.05, 4.69) is 5.32 Å². The summed E-state index contributed by atoms with van der Waals surface area (Å²) < 4.78 is 0. The molecule has 2 aromatic carbocycles. The zero-order valence-corrected chi connectivity index (χ0v) is 15.6. The van der Waals surface area contributed by atoms with Gasteiger partial charge < -0.3 is 10.2 Å². The summed E-state index contributed by atoms with van der Waals surface area (Å²) in [6.07, 6.45) is 3.52. The maximum atomic E-state index is 12.7. The van der Waals surface area contributed by atoms with Crippen LogP contribution < -0.4 is 5.32 Å². The standard InChI is InChI=1S/C21H23ClN2O2/c1-24(16-10-7-11-16)20(25)14-19(15-8-3-2-4-9-15)23-21(26)17-12-5-6-13-18(17)22/h2-6,8-9,12-13,16,19H,7,10-11,14H2,1H3,(H,23,26)/t19-/m0/s1. The Bertz CT molecular complexity index is 775. The number of nitrogens with one attached hydrogen (secondary N) is 1. The van der Waals surface area contributed by atoms with Crippen molar-refractivity contribution in [2.24, 2.45) is 0 Å². The Labute approximate surface area is 159 Å². The van der Waals surface area contributed by atoms with Gasteiger partial charge in [-0.05, 0) is 37.0 Å². The number of amides is 2. The van der Waals surface area contributed by atoms with Gasteiger partial charge in [0, 0.05) is 13.1 Å². The van der Waals surface area contributed by atoms with Gasteiger partial charge in [-0.3, -0.25) is 9.59 Å². The highest BCUT2D eigenvalue weighted by Gasteiger charge is 2.28. The minimum Gasteiger partial charge on any atom is -0.345 e. The monoisotopic (exact) mass is 370 g/mol. The third-order valence-corrected chi connectivity index (χ3v) is 5.35. The van der Waals surface area contributed by atoms with Gasteiger partial charge in [-0.15, -0.1) is 0 Å². The molecule has 26 heavy (non-hydrogen) atoms. The van der Waals surface area contributed by atoms with E-state index >= 15 is 0 Å². The fraction of sp³-hybridized carbons (Fsp3) is 0.333. The van der Waals surface area contributed by atoms with Crippen LogP contribution in [0.25, 0.3) is 0 Å². The van der Waals surface area contributed by atoms with Gasteiger partial charge in [0.25, 0.3) is 5.91 Å². The molecule has 1 aliphatic rings. The predicted octanol–water partition coefficient (Wildman–Crippen LogP) is 4.21. The number of rotatable bonds is 6. The van der Waals surface area contributed by atoms with E-state index in [0.717, 1.165) is 18.4 Å². The van der Waals surface area contributed by atoms with E-state index in [-0.39, 0.29) is 18.2 Å². The van der Waals surface area contributed by atoms with Crippen LogP contribution in [0.15, 0.2) is 54.6 Å². The molecule has 0 saturated heterocycles. The number of hydrogen-bond acceptors (Lipinski definition) is 2. The molecule has 1 aliphatic carbocycles. The van der Waals surface area contributed by atoms with E-state index in [1.165, 1.54) is 6.42 Å². The Morgan fingerprint density at radius 1 is 1.12 bits per heavy atom. The van der Waals surface area contributed by atoms with E-state index in [0.29, 0.717) is 16.6 Å². The second-order valence-electron chi connectivity index (χ2n) is 6.71. The molecule has 0 spiro atoms. The van der Waals surface area contributed by atoms with Crippen molar-refractivity contribution in [1.29, 1.82) is 0 Å². The van der Waals surface area contributed by atoms with Crippen molar-refractivity contribution in [1.82, 2.24) is 10.2 Å². The van der Waals surface area contributed by atoms with Crippen molar-refractivity contribution in [2.45, 2.75) is 37.8 Å². The highest BCUT2D eigenvalue weighted by atomic mass is 35.5. The normalized spacial score (nSPS) is 15.0. The highest BCUT2D eigenvalue weighted by molar-refractivity contribution is 6.33. The van der Waals surface area contributed by atoms with Crippen molar-refractivity contribution >= 4 is 23.4 Å². The van der Waals surface area contributed by atoms with E-state index in [1.54, 1.807) is 24.3 Å². The first-order valence-electron chi connectivity index (χ1n) is 8.92. The molecule has 5 heteroatoms. The topological polar surface area (TPSA) is 49.4 Å². The van der Waals surface area contributed by atoms with Crippen LogP contribution in [-0.2, 0) is 4.79 Å². The molecule has 2 amide bonds. The molecular weight excluding hydrogens is 348 g/mol. The van der Waals surface area contributed by atoms with Crippen LogP contribution in [0.5, 0.6) is 0 Å². The summed E-state index contributed by atoms with van der Waals surface area (Å²) >= 11 is 6.14.